The maximum absolute atomic E-state index is 13.5. The Morgan fingerprint density at radius 3 is 2.65 bits per heavy atom. The molecular formula is C28H35N3O5S. The van der Waals surface area contributed by atoms with Crippen molar-refractivity contribution in [1.29, 1.82) is 0 Å². The Labute approximate surface area is 221 Å². The van der Waals surface area contributed by atoms with Gasteiger partial charge in [-0.1, -0.05) is 12.1 Å². The number of thiophene rings is 1. The van der Waals surface area contributed by atoms with Gasteiger partial charge in [0.05, 0.1) is 23.2 Å². The van der Waals surface area contributed by atoms with Crippen molar-refractivity contribution in [3.63, 3.8) is 0 Å². The fourth-order valence-electron chi connectivity index (χ4n) is 5.12. The minimum Gasteiger partial charge on any atom is -0.469 e. The van der Waals surface area contributed by atoms with E-state index in [2.05, 4.69) is 5.32 Å². The van der Waals surface area contributed by atoms with E-state index in [0.717, 1.165) is 40.7 Å². The van der Waals surface area contributed by atoms with Crippen molar-refractivity contribution in [2.24, 2.45) is 5.92 Å². The maximum Gasteiger partial charge on any atom is 0.308 e. The summed E-state index contributed by atoms with van der Waals surface area (Å²) in [7, 11) is 1.41. The molecule has 1 fully saturated rings. The van der Waals surface area contributed by atoms with E-state index in [4.69, 9.17) is 9.84 Å². The van der Waals surface area contributed by atoms with Crippen LogP contribution in [0.2, 0.25) is 0 Å². The van der Waals surface area contributed by atoms with Gasteiger partial charge >= 0.3 is 5.97 Å². The molecule has 3 aromatic rings. The average Bonchev–Trinajstić information content (AvgIpc) is 3.51. The number of likely N-dealkylation sites (N-methyl/N-ethyl adjacent to an activating group) is 1. The molecule has 8 nitrogen and oxygen atoms in total. The van der Waals surface area contributed by atoms with Crippen LogP contribution in [0, 0.1) is 5.92 Å². The summed E-state index contributed by atoms with van der Waals surface area (Å²) in [6.07, 6.45) is 4.23. The van der Waals surface area contributed by atoms with Crippen LogP contribution < -0.4 is 10.2 Å². The smallest absolute Gasteiger partial charge is 0.308 e. The monoisotopic (exact) mass is 525 g/mol. The number of carbonyl (C=O) groups excluding carboxylic acids is 3. The summed E-state index contributed by atoms with van der Waals surface area (Å²) in [5, 5.41) is 14.2. The number of esters is 1. The first-order valence-electron chi connectivity index (χ1n) is 12.9. The minimum atomic E-state index is -0.202. The number of amides is 2. The molecule has 0 aliphatic heterocycles. The molecule has 4 rings (SSSR count). The SMILES string of the molecule is CCN(C(=O)Cn1c(C(=O)NC2CCC(C(=O)OC)CC2)cc2sccc21)c1cccc(CCCO)c1. The molecule has 1 saturated carbocycles. The van der Waals surface area contributed by atoms with Crippen LogP contribution in [0.15, 0.2) is 41.8 Å². The highest BCUT2D eigenvalue weighted by atomic mass is 32.1. The summed E-state index contributed by atoms with van der Waals surface area (Å²) in [5.41, 5.74) is 3.22. The number of aliphatic hydroxyl groups is 1. The van der Waals surface area contributed by atoms with E-state index in [9.17, 15) is 14.4 Å². The van der Waals surface area contributed by atoms with Gasteiger partial charge < -0.3 is 24.6 Å². The van der Waals surface area contributed by atoms with Crippen LogP contribution >= 0.6 is 11.3 Å². The normalized spacial score (nSPS) is 17.5. The second-order valence-electron chi connectivity index (χ2n) is 9.47. The molecule has 0 unspecified atom stereocenters. The number of nitrogens with zero attached hydrogens (tertiary/aromatic N) is 2. The molecule has 0 radical (unpaired) electrons. The van der Waals surface area contributed by atoms with Gasteiger partial charge in [0.15, 0.2) is 0 Å². The van der Waals surface area contributed by atoms with Gasteiger partial charge in [0.2, 0.25) is 5.91 Å². The van der Waals surface area contributed by atoms with Crippen molar-refractivity contribution < 1.29 is 24.2 Å². The maximum atomic E-state index is 13.5. The van der Waals surface area contributed by atoms with Crippen molar-refractivity contribution in [2.45, 2.75) is 58.0 Å². The number of aliphatic hydroxyl groups excluding tert-OH is 1. The van der Waals surface area contributed by atoms with Crippen molar-refractivity contribution in [2.75, 3.05) is 25.2 Å². The Bertz CT molecular complexity index is 1240. The summed E-state index contributed by atoms with van der Waals surface area (Å²) in [6, 6.07) is 11.6. The van der Waals surface area contributed by atoms with Crippen LogP contribution in [0.25, 0.3) is 10.2 Å². The standard InChI is InChI=1S/C28H35N3O5S/c1-3-30(22-8-4-6-19(16-22)7-5-14-32)26(33)18-31-23-13-15-37-25(23)17-24(31)27(34)29-21-11-9-20(10-12-21)28(35)36-2/h4,6,8,13,15-17,20-21,32H,3,5,7,9-12,14,18H2,1-2H3,(H,29,34). The summed E-state index contributed by atoms with van der Waals surface area (Å²) in [4.78, 5) is 40.4. The zero-order chi connectivity index (χ0) is 26.4. The van der Waals surface area contributed by atoms with E-state index < -0.39 is 0 Å². The van der Waals surface area contributed by atoms with E-state index in [1.807, 2.05) is 53.3 Å². The highest BCUT2D eigenvalue weighted by molar-refractivity contribution is 7.17. The number of aryl methyl sites for hydroxylation is 1. The number of ether oxygens (including phenoxy) is 1. The molecule has 2 aromatic heterocycles. The van der Waals surface area contributed by atoms with Crippen molar-refractivity contribution >= 4 is 45.0 Å². The highest BCUT2D eigenvalue weighted by Crippen LogP contribution is 2.28. The third-order valence-electron chi connectivity index (χ3n) is 7.11. The van der Waals surface area contributed by atoms with E-state index in [1.165, 1.54) is 7.11 Å². The van der Waals surface area contributed by atoms with Gasteiger partial charge in [-0.15, -0.1) is 11.3 Å². The highest BCUT2D eigenvalue weighted by Gasteiger charge is 2.29. The molecule has 0 saturated heterocycles. The van der Waals surface area contributed by atoms with Crippen LogP contribution in [0.1, 0.15) is 55.1 Å². The largest absolute Gasteiger partial charge is 0.469 e. The summed E-state index contributed by atoms with van der Waals surface area (Å²) in [6.45, 7) is 2.61. The fraction of sp³-hybridized carbons (Fsp3) is 0.464. The van der Waals surface area contributed by atoms with E-state index >= 15 is 0 Å². The number of fused-ring (bicyclic) bond motifs is 1. The number of benzene rings is 1. The number of hydrogen-bond donors (Lipinski definition) is 2. The Balaban J connectivity index is 1.50. The Morgan fingerprint density at radius 1 is 1.16 bits per heavy atom. The lowest BCUT2D eigenvalue weighted by Crippen LogP contribution is -2.40. The van der Waals surface area contributed by atoms with E-state index in [0.29, 0.717) is 31.5 Å². The van der Waals surface area contributed by atoms with Gasteiger partial charge in [-0.25, -0.2) is 0 Å². The molecule has 198 valence electrons. The molecule has 1 aliphatic rings. The first kappa shape index (κ1) is 26.9. The van der Waals surface area contributed by atoms with Crippen LogP contribution in [0.3, 0.4) is 0 Å². The molecular weight excluding hydrogens is 490 g/mol. The Hall–Kier alpha value is -3.17. The lowest BCUT2D eigenvalue weighted by Gasteiger charge is -2.28. The number of hydrogen-bond acceptors (Lipinski definition) is 6. The first-order valence-corrected chi connectivity index (χ1v) is 13.8. The minimum absolute atomic E-state index is 0.0145. The van der Waals surface area contributed by atoms with Crippen molar-refractivity contribution in [1.82, 2.24) is 9.88 Å². The molecule has 1 aromatic carbocycles. The van der Waals surface area contributed by atoms with Gasteiger partial charge in [0.1, 0.15) is 12.2 Å². The van der Waals surface area contributed by atoms with Gasteiger partial charge in [-0.3, -0.25) is 14.4 Å². The van der Waals surface area contributed by atoms with Crippen molar-refractivity contribution in [3.05, 3.63) is 53.0 Å². The third-order valence-corrected chi connectivity index (χ3v) is 7.96. The molecule has 0 bridgehead atoms. The van der Waals surface area contributed by atoms with E-state index in [1.54, 1.807) is 16.2 Å². The Kier molecular flexibility index (Phi) is 9.00. The number of nitrogens with one attached hydrogen (secondary N) is 1. The second-order valence-corrected chi connectivity index (χ2v) is 10.4. The van der Waals surface area contributed by atoms with Crippen LogP contribution in [-0.2, 0) is 27.3 Å². The summed E-state index contributed by atoms with van der Waals surface area (Å²) < 4.78 is 7.63. The molecule has 9 heteroatoms. The van der Waals surface area contributed by atoms with Gasteiger partial charge in [-0.2, -0.15) is 0 Å². The first-order chi connectivity index (χ1) is 17.9. The molecule has 0 atom stereocenters. The number of anilines is 1. The van der Waals surface area contributed by atoms with Crippen molar-refractivity contribution in [3.8, 4) is 0 Å². The quantitative estimate of drug-likeness (QED) is 0.388. The molecule has 1 aliphatic carbocycles. The zero-order valence-corrected chi connectivity index (χ0v) is 22.3. The predicted octanol–water partition coefficient (Wildman–Crippen LogP) is 4.14. The summed E-state index contributed by atoms with van der Waals surface area (Å²) >= 11 is 1.54. The van der Waals surface area contributed by atoms with Gasteiger partial charge in [0.25, 0.3) is 5.91 Å². The number of carbonyl (C=O) groups is 3. The van der Waals surface area contributed by atoms with Crippen LogP contribution in [-0.4, -0.2) is 53.8 Å². The molecule has 2 N–H and O–H groups in total. The lowest BCUT2D eigenvalue weighted by molar-refractivity contribution is -0.146. The second kappa shape index (κ2) is 12.4. The predicted molar refractivity (Wildman–Crippen MR) is 145 cm³/mol. The zero-order valence-electron chi connectivity index (χ0n) is 21.4. The molecule has 37 heavy (non-hydrogen) atoms. The topological polar surface area (TPSA) is 101 Å². The van der Waals surface area contributed by atoms with Crippen LogP contribution in [0.5, 0.6) is 0 Å². The lowest BCUT2D eigenvalue weighted by atomic mass is 9.86. The third kappa shape index (κ3) is 6.22. The van der Waals surface area contributed by atoms with Gasteiger partial charge in [0, 0.05) is 24.9 Å². The fourth-order valence-corrected chi connectivity index (χ4v) is 5.94. The Morgan fingerprint density at radius 2 is 1.95 bits per heavy atom. The van der Waals surface area contributed by atoms with Gasteiger partial charge in [-0.05, 0) is 80.7 Å². The average molecular weight is 526 g/mol. The number of aromatic nitrogens is 1. The van der Waals surface area contributed by atoms with Crippen LogP contribution in [0.4, 0.5) is 5.69 Å². The molecule has 2 amide bonds. The molecule has 0 spiro atoms. The number of methoxy groups -OCH3 is 1. The summed E-state index contributed by atoms with van der Waals surface area (Å²) in [5.74, 6) is -0.589. The number of rotatable bonds is 10. The molecule has 2 heterocycles. The van der Waals surface area contributed by atoms with E-state index in [-0.39, 0.29) is 42.9 Å².